The number of carboxylic acids is 1. The molecule has 2 amide bonds. The zero-order valence-corrected chi connectivity index (χ0v) is 25.3. The van der Waals surface area contributed by atoms with Gasteiger partial charge < -0.3 is 36.4 Å². The number of aromatic nitrogens is 2. The van der Waals surface area contributed by atoms with Crippen LogP contribution < -0.4 is 26.4 Å². The van der Waals surface area contributed by atoms with Gasteiger partial charge in [-0.1, -0.05) is 5.16 Å². The van der Waals surface area contributed by atoms with Crippen LogP contribution in [0.2, 0.25) is 0 Å². The highest BCUT2D eigenvalue weighted by Crippen LogP contribution is 2.33. The maximum Gasteiger partial charge on any atom is 0.418 e. The maximum atomic E-state index is 13.2. The zero-order chi connectivity index (χ0) is 32.5. The minimum absolute atomic E-state index is 0.0603. The Bertz CT molecular complexity index is 1780. The van der Waals surface area contributed by atoms with Crippen molar-refractivity contribution < 1.29 is 46.3 Å². The number of nitrogens with one attached hydrogen (secondary N) is 3. The smallest absolute Gasteiger partial charge is 0.418 e. The van der Waals surface area contributed by atoms with Crippen molar-refractivity contribution in [2.75, 3.05) is 30.7 Å². The Hall–Kier alpha value is -4.63. The number of nitrogens with zero attached hydrogens (tertiary/aromatic N) is 4. The second-order valence-corrected chi connectivity index (χ2v) is 12.4. The van der Waals surface area contributed by atoms with E-state index in [4.69, 9.17) is 19.9 Å². The number of nitrogen functional groups attached to an aromatic ring is 1. The lowest BCUT2D eigenvalue weighted by molar-refractivity contribution is -0.218. The van der Waals surface area contributed by atoms with Crippen LogP contribution >= 0.6 is 11.3 Å². The average Bonchev–Trinajstić information content (AvgIpc) is 3.38. The van der Waals surface area contributed by atoms with Crippen molar-refractivity contribution in [1.82, 2.24) is 25.7 Å². The largest absolute Gasteiger partial charge is 0.489 e. The van der Waals surface area contributed by atoms with E-state index in [1.807, 2.05) is 12.1 Å². The minimum atomic E-state index is -5.01. The van der Waals surface area contributed by atoms with Crippen LogP contribution in [-0.4, -0.2) is 100 Å². The Balaban J connectivity index is 1.27. The topological polar surface area (TPSA) is 257 Å². The Morgan fingerprint density at radius 3 is 2.62 bits per heavy atom. The Kier molecular flexibility index (Phi) is 8.76. The summed E-state index contributed by atoms with van der Waals surface area (Å²) in [4.78, 5) is 51.4. The molecule has 240 valence electrons. The number of ether oxygens (including phenoxy) is 1. The Labute approximate surface area is 259 Å². The standard InChI is InChI=1S/C25H28N8O10S2/c1-25(2)20(22(35)33(25)43-45(38,39)40)31-21(34)19(16-11-44-24(26)30-16)32-42-17(23(36)37)10-41-14-4-5-15-12(7-14)3-6-18(29-15)28-13-8-27-9-13/h3-7,11,13,17,20,27H,8-10H2,1-2H3,(H2,26,30)(H,28,29)(H,31,34)(H,36,37)(H,38,39,40)/b32-19-/t17?,20-/m1/s1. The molecule has 1 unspecified atom stereocenters. The first kappa shape index (κ1) is 31.8. The van der Waals surface area contributed by atoms with Gasteiger partial charge in [-0.25, -0.2) is 14.8 Å². The van der Waals surface area contributed by atoms with Crippen LogP contribution in [0.4, 0.5) is 10.9 Å². The van der Waals surface area contributed by atoms with E-state index in [9.17, 15) is 27.9 Å². The number of nitrogens with two attached hydrogens (primary N) is 1. The molecule has 0 spiro atoms. The molecule has 4 heterocycles. The van der Waals surface area contributed by atoms with Gasteiger partial charge in [-0.15, -0.1) is 15.6 Å². The van der Waals surface area contributed by atoms with Crippen molar-refractivity contribution in [3.05, 3.63) is 41.4 Å². The number of pyridine rings is 1. The Morgan fingerprint density at radius 2 is 2.02 bits per heavy atom. The molecular weight excluding hydrogens is 636 g/mol. The van der Waals surface area contributed by atoms with Gasteiger partial charge in [0.2, 0.25) is 0 Å². The van der Waals surface area contributed by atoms with Gasteiger partial charge in [0, 0.05) is 23.9 Å². The third-order valence-corrected chi connectivity index (χ3v) is 7.85. The number of rotatable bonds is 13. The fourth-order valence-electron chi connectivity index (χ4n) is 4.33. The minimum Gasteiger partial charge on any atom is -0.489 e. The number of fused-ring (bicyclic) bond motifs is 1. The molecule has 2 aromatic heterocycles. The first-order chi connectivity index (χ1) is 21.2. The number of oxime groups is 1. The van der Waals surface area contributed by atoms with E-state index in [1.165, 1.54) is 19.2 Å². The number of carbonyl (C=O) groups excluding carboxylic acids is 2. The van der Waals surface area contributed by atoms with Gasteiger partial charge in [0.25, 0.3) is 17.9 Å². The summed E-state index contributed by atoms with van der Waals surface area (Å²) in [5.41, 5.74) is 4.36. The number of hydroxylamine groups is 2. The number of aliphatic carboxylic acids is 1. The van der Waals surface area contributed by atoms with Crippen molar-refractivity contribution in [3.8, 4) is 5.75 Å². The molecule has 1 aromatic carbocycles. The molecule has 20 heteroatoms. The van der Waals surface area contributed by atoms with Crippen molar-refractivity contribution in [3.63, 3.8) is 0 Å². The molecule has 2 saturated heterocycles. The van der Waals surface area contributed by atoms with Crippen molar-refractivity contribution in [1.29, 1.82) is 0 Å². The van der Waals surface area contributed by atoms with Gasteiger partial charge in [-0.3, -0.25) is 14.1 Å². The van der Waals surface area contributed by atoms with Gasteiger partial charge >= 0.3 is 16.4 Å². The number of benzene rings is 1. The molecule has 0 bridgehead atoms. The lowest BCUT2D eigenvalue weighted by atomic mass is 9.84. The zero-order valence-electron chi connectivity index (χ0n) is 23.7. The van der Waals surface area contributed by atoms with Crippen molar-refractivity contribution >= 4 is 67.1 Å². The van der Waals surface area contributed by atoms with Crippen molar-refractivity contribution in [2.24, 2.45) is 5.16 Å². The van der Waals surface area contributed by atoms with Crippen LogP contribution in [-0.2, 0) is 33.9 Å². The van der Waals surface area contributed by atoms with Gasteiger partial charge in [-0.2, -0.15) is 13.5 Å². The predicted molar refractivity (Wildman–Crippen MR) is 159 cm³/mol. The molecule has 2 fully saturated rings. The van der Waals surface area contributed by atoms with E-state index in [0.29, 0.717) is 22.4 Å². The molecule has 18 nitrogen and oxygen atoms in total. The first-order valence-corrected chi connectivity index (χ1v) is 15.5. The molecule has 0 radical (unpaired) electrons. The second kappa shape index (κ2) is 12.4. The molecule has 3 aromatic rings. The van der Waals surface area contributed by atoms with E-state index in [2.05, 4.69) is 35.4 Å². The van der Waals surface area contributed by atoms with Crippen molar-refractivity contribution in [2.45, 2.75) is 37.6 Å². The quantitative estimate of drug-likeness (QED) is 0.0596. The molecular formula is C25H28N8O10S2. The summed E-state index contributed by atoms with van der Waals surface area (Å²) in [6.07, 6.45) is -1.68. The monoisotopic (exact) mass is 664 g/mol. The fraction of sp³-hybridized carbons (Fsp3) is 0.360. The normalized spacial score (nSPS) is 18.9. The molecule has 5 rings (SSSR count). The molecule has 45 heavy (non-hydrogen) atoms. The summed E-state index contributed by atoms with van der Waals surface area (Å²) in [6.45, 7) is 3.94. The summed E-state index contributed by atoms with van der Waals surface area (Å²) in [6, 6.07) is 7.71. The van der Waals surface area contributed by atoms with Gasteiger partial charge in [0.05, 0.1) is 17.1 Å². The van der Waals surface area contributed by atoms with Crippen LogP contribution in [0, 0.1) is 0 Å². The highest BCUT2D eigenvalue weighted by atomic mass is 32.3. The Morgan fingerprint density at radius 1 is 1.27 bits per heavy atom. The van der Waals surface area contributed by atoms with Gasteiger partial charge in [0.15, 0.2) is 10.8 Å². The summed E-state index contributed by atoms with van der Waals surface area (Å²) < 4.78 is 41.0. The molecule has 2 atom stereocenters. The molecule has 2 aliphatic rings. The molecule has 7 N–H and O–H groups in total. The van der Waals surface area contributed by atoms with Crippen LogP contribution in [0.5, 0.6) is 5.75 Å². The number of hydrogen-bond donors (Lipinski definition) is 6. The van der Waals surface area contributed by atoms with E-state index >= 15 is 0 Å². The summed E-state index contributed by atoms with van der Waals surface area (Å²) in [7, 11) is -5.01. The molecule has 2 aliphatic heterocycles. The number of amides is 2. The SMILES string of the molecule is CC1(C)[C@H](NC(=O)/C(=N\OC(COc2ccc3nc(NC4CNC4)ccc3c2)C(=O)O)c2csc(N)n2)C(=O)N1OS(=O)(=O)O. The number of anilines is 2. The lowest BCUT2D eigenvalue weighted by Crippen LogP contribution is -2.76. The predicted octanol–water partition coefficient (Wildman–Crippen LogP) is -0.250. The highest BCUT2D eigenvalue weighted by Gasteiger charge is 2.58. The van der Waals surface area contributed by atoms with E-state index in [0.717, 1.165) is 35.6 Å². The number of hydrogen-bond acceptors (Lipinski definition) is 15. The fourth-order valence-corrected chi connectivity index (χ4v) is 5.33. The number of thiazole rings is 1. The molecule has 0 saturated carbocycles. The van der Waals surface area contributed by atoms with Crippen LogP contribution in [0.3, 0.4) is 0 Å². The summed E-state index contributed by atoms with van der Waals surface area (Å²) >= 11 is 0.960. The third-order valence-electron chi connectivity index (χ3n) is 6.84. The van der Waals surface area contributed by atoms with E-state index < -0.39 is 58.2 Å². The van der Waals surface area contributed by atoms with Crippen LogP contribution in [0.15, 0.2) is 40.9 Å². The maximum absolute atomic E-state index is 13.2. The number of carbonyl (C=O) groups is 3. The van der Waals surface area contributed by atoms with E-state index in [1.54, 1.807) is 18.2 Å². The van der Waals surface area contributed by atoms with Gasteiger partial charge in [-0.05, 0) is 44.2 Å². The summed E-state index contributed by atoms with van der Waals surface area (Å²) in [5, 5.41) is 24.9. The van der Waals surface area contributed by atoms with Crippen LogP contribution in [0.25, 0.3) is 10.9 Å². The number of β-lactam (4-membered cyclic amide) rings is 1. The summed E-state index contributed by atoms with van der Waals surface area (Å²) in [5.74, 6) is -2.40. The second-order valence-electron chi connectivity index (χ2n) is 10.5. The highest BCUT2D eigenvalue weighted by molar-refractivity contribution is 7.80. The first-order valence-electron chi connectivity index (χ1n) is 13.2. The van der Waals surface area contributed by atoms with Gasteiger partial charge in [0.1, 0.15) is 29.9 Å². The van der Waals surface area contributed by atoms with Crippen LogP contribution in [0.1, 0.15) is 19.5 Å². The average molecular weight is 665 g/mol. The lowest BCUT2D eigenvalue weighted by Gasteiger charge is -2.50. The third kappa shape index (κ3) is 7.20. The molecule has 0 aliphatic carbocycles. The van der Waals surface area contributed by atoms with E-state index in [-0.39, 0.29) is 10.8 Å². The number of carboxylic acid groups (broad SMARTS) is 1.